The predicted octanol–water partition coefficient (Wildman–Crippen LogP) is 2.36. The number of carbonyl (C=O) groups is 3. The van der Waals surface area contributed by atoms with Crippen molar-refractivity contribution in [3.63, 3.8) is 0 Å². The standard InChI is InChI=1S/C21H22N2O6/c1-21(13-5-7-14(27-2)8-6-13)19(25)23(20(26)22-21)12-17(24)16-11-15(28-3)9-10-18(16)29-4/h5-11H,12H2,1-4H3,(H,22,26). The van der Waals surface area contributed by atoms with Gasteiger partial charge >= 0.3 is 6.03 Å². The molecule has 29 heavy (non-hydrogen) atoms. The molecule has 152 valence electrons. The number of benzene rings is 2. The predicted molar refractivity (Wildman–Crippen MR) is 104 cm³/mol. The fourth-order valence-electron chi connectivity index (χ4n) is 3.22. The summed E-state index contributed by atoms with van der Waals surface area (Å²) in [6.07, 6.45) is 0. The fraction of sp³-hybridized carbons (Fsp3) is 0.286. The number of methoxy groups -OCH3 is 3. The molecule has 0 aliphatic carbocycles. The molecule has 1 saturated heterocycles. The van der Waals surface area contributed by atoms with E-state index in [0.29, 0.717) is 22.8 Å². The summed E-state index contributed by atoms with van der Waals surface area (Å²) in [5.41, 5.74) is -0.460. The van der Waals surface area contributed by atoms with E-state index in [4.69, 9.17) is 14.2 Å². The van der Waals surface area contributed by atoms with Crippen LogP contribution >= 0.6 is 0 Å². The summed E-state index contributed by atoms with van der Waals surface area (Å²) in [6, 6.07) is 10.9. The average Bonchev–Trinajstić information content (AvgIpc) is 2.97. The number of nitrogens with zero attached hydrogens (tertiary/aromatic N) is 1. The van der Waals surface area contributed by atoms with Crippen molar-refractivity contribution < 1.29 is 28.6 Å². The lowest BCUT2D eigenvalue weighted by molar-refractivity contribution is -0.130. The molecule has 1 unspecified atom stereocenters. The molecule has 0 radical (unpaired) electrons. The summed E-state index contributed by atoms with van der Waals surface area (Å²) < 4.78 is 15.5. The number of urea groups is 1. The van der Waals surface area contributed by atoms with Gasteiger partial charge in [-0.3, -0.25) is 14.5 Å². The Morgan fingerprint density at radius 2 is 1.59 bits per heavy atom. The Morgan fingerprint density at radius 3 is 2.17 bits per heavy atom. The van der Waals surface area contributed by atoms with E-state index in [0.717, 1.165) is 4.90 Å². The molecule has 0 saturated carbocycles. The van der Waals surface area contributed by atoms with E-state index in [9.17, 15) is 14.4 Å². The molecule has 1 aliphatic heterocycles. The van der Waals surface area contributed by atoms with Crippen LogP contribution in [0.25, 0.3) is 0 Å². The lowest BCUT2D eigenvalue weighted by Gasteiger charge is -2.22. The molecule has 0 bridgehead atoms. The van der Waals surface area contributed by atoms with Gasteiger partial charge in [0.25, 0.3) is 5.91 Å². The summed E-state index contributed by atoms with van der Waals surface area (Å²) in [7, 11) is 4.46. The number of amides is 3. The largest absolute Gasteiger partial charge is 0.497 e. The Kier molecular flexibility index (Phi) is 5.45. The van der Waals surface area contributed by atoms with Crippen LogP contribution in [0.15, 0.2) is 42.5 Å². The smallest absolute Gasteiger partial charge is 0.325 e. The molecule has 0 spiro atoms. The Bertz CT molecular complexity index is 956. The third kappa shape index (κ3) is 3.61. The van der Waals surface area contributed by atoms with Gasteiger partial charge in [-0.2, -0.15) is 0 Å². The van der Waals surface area contributed by atoms with Gasteiger partial charge in [0.05, 0.1) is 33.4 Å². The zero-order chi connectivity index (χ0) is 21.2. The van der Waals surface area contributed by atoms with Crippen LogP contribution in [0.3, 0.4) is 0 Å². The topological polar surface area (TPSA) is 94.2 Å². The van der Waals surface area contributed by atoms with Gasteiger partial charge < -0.3 is 19.5 Å². The highest BCUT2D eigenvalue weighted by Gasteiger charge is 2.49. The van der Waals surface area contributed by atoms with Crippen LogP contribution in [0.1, 0.15) is 22.8 Å². The van der Waals surface area contributed by atoms with Crippen LogP contribution in [-0.2, 0) is 10.3 Å². The van der Waals surface area contributed by atoms with Crippen LogP contribution in [0.2, 0.25) is 0 Å². The maximum atomic E-state index is 13.0. The first-order valence-corrected chi connectivity index (χ1v) is 8.88. The highest BCUT2D eigenvalue weighted by Crippen LogP contribution is 2.31. The van der Waals surface area contributed by atoms with Crippen molar-refractivity contribution in [2.45, 2.75) is 12.5 Å². The van der Waals surface area contributed by atoms with E-state index in [-0.39, 0.29) is 5.56 Å². The summed E-state index contributed by atoms with van der Waals surface area (Å²) >= 11 is 0. The van der Waals surface area contributed by atoms with Crippen LogP contribution in [0.5, 0.6) is 17.2 Å². The second-order valence-electron chi connectivity index (χ2n) is 6.66. The highest BCUT2D eigenvalue weighted by molar-refractivity contribution is 6.11. The average molecular weight is 398 g/mol. The minimum atomic E-state index is -1.28. The maximum absolute atomic E-state index is 13.0. The summed E-state index contributed by atoms with van der Waals surface area (Å²) in [4.78, 5) is 39.3. The van der Waals surface area contributed by atoms with Gasteiger partial charge in [0, 0.05) is 0 Å². The van der Waals surface area contributed by atoms with Gasteiger partial charge in [-0.1, -0.05) is 12.1 Å². The number of ether oxygens (including phenoxy) is 3. The highest BCUT2D eigenvalue weighted by atomic mass is 16.5. The Morgan fingerprint density at radius 1 is 0.966 bits per heavy atom. The number of Topliss-reactive ketones (excluding diaryl/α,β-unsaturated/α-hetero) is 1. The number of carbonyl (C=O) groups excluding carboxylic acids is 3. The lowest BCUT2D eigenvalue weighted by atomic mass is 9.92. The normalized spacial score (nSPS) is 18.4. The summed E-state index contributed by atoms with van der Waals surface area (Å²) in [5.74, 6) is 0.479. The molecule has 1 aliphatic rings. The van der Waals surface area contributed by atoms with Gasteiger partial charge in [-0.05, 0) is 42.8 Å². The van der Waals surface area contributed by atoms with Crippen molar-refractivity contribution in [2.75, 3.05) is 27.9 Å². The van der Waals surface area contributed by atoms with Gasteiger partial charge in [-0.15, -0.1) is 0 Å². The van der Waals surface area contributed by atoms with Crippen molar-refractivity contribution in [3.05, 3.63) is 53.6 Å². The second kappa shape index (κ2) is 7.83. The van der Waals surface area contributed by atoms with Crippen LogP contribution < -0.4 is 19.5 Å². The van der Waals surface area contributed by atoms with E-state index in [1.54, 1.807) is 50.4 Å². The minimum absolute atomic E-state index is 0.227. The SMILES string of the molecule is COc1ccc(C2(C)NC(=O)N(CC(=O)c3cc(OC)ccc3OC)C2=O)cc1. The molecule has 2 aromatic rings. The molecule has 1 N–H and O–H groups in total. The summed E-state index contributed by atoms with van der Waals surface area (Å²) in [6.45, 7) is 1.19. The Labute approximate surface area is 168 Å². The minimum Gasteiger partial charge on any atom is -0.497 e. The molecule has 8 heteroatoms. The van der Waals surface area contributed by atoms with Crippen molar-refractivity contribution in [3.8, 4) is 17.2 Å². The quantitative estimate of drug-likeness (QED) is 0.568. The molecule has 0 aromatic heterocycles. The number of hydrogen-bond acceptors (Lipinski definition) is 6. The molecule has 1 atom stereocenters. The van der Waals surface area contributed by atoms with E-state index in [1.165, 1.54) is 20.3 Å². The maximum Gasteiger partial charge on any atom is 0.325 e. The molecule has 8 nitrogen and oxygen atoms in total. The number of nitrogens with one attached hydrogen (secondary N) is 1. The van der Waals surface area contributed by atoms with Crippen LogP contribution in [0.4, 0.5) is 4.79 Å². The molecular weight excluding hydrogens is 376 g/mol. The zero-order valence-corrected chi connectivity index (χ0v) is 16.6. The van der Waals surface area contributed by atoms with E-state index >= 15 is 0 Å². The number of rotatable bonds is 7. The third-order valence-corrected chi connectivity index (χ3v) is 4.95. The van der Waals surface area contributed by atoms with Crippen molar-refractivity contribution in [1.29, 1.82) is 0 Å². The van der Waals surface area contributed by atoms with Crippen molar-refractivity contribution in [2.24, 2.45) is 0 Å². The molecule has 1 fully saturated rings. The third-order valence-electron chi connectivity index (χ3n) is 4.95. The Balaban J connectivity index is 1.86. The molecule has 1 heterocycles. The molecule has 3 rings (SSSR count). The van der Waals surface area contributed by atoms with Crippen molar-refractivity contribution in [1.82, 2.24) is 10.2 Å². The second-order valence-corrected chi connectivity index (χ2v) is 6.66. The molecule has 3 amide bonds. The summed E-state index contributed by atoms with van der Waals surface area (Å²) in [5, 5.41) is 2.68. The first kappa shape index (κ1) is 20.2. The molecular formula is C21H22N2O6. The zero-order valence-electron chi connectivity index (χ0n) is 16.6. The molecule has 2 aromatic carbocycles. The Hall–Kier alpha value is -3.55. The number of imide groups is 1. The van der Waals surface area contributed by atoms with Crippen molar-refractivity contribution >= 4 is 17.7 Å². The number of hydrogen-bond donors (Lipinski definition) is 1. The lowest BCUT2D eigenvalue weighted by Crippen LogP contribution is -2.41. The van der Waals surface area contributed by atoms with E-state index < -0.39 is 29.8 Å². The van der Waals surface area contributed by atoms with Gasteiger partial charge in [0.1, 0.15) is 22.8 Å². The first-order valence-electron chi connectivity index (χ1n) is 8.88. The van der Waals surface area contributed by atoms with E-state index in [1.807, 2.05) is 0 Å². The monoisotopic (exact) mass is 398 g/mol. The van der Waals surface area contributed by atoms with Crippen LogP contribution in [-0.4, -0.2) is 50.5 Å². The van der Waals surface area contributed by atoms with Gasteiger partial charge in [-0.25, -0.2) is 4.79 Å². The van der Waals surface area contributed by atoms with Gasteiger partial charge in [0.2, 0.25) is 0 Å². The first-order chi connectivity index (χ1) is 13.8. The van der Waals surface area contributed by atoms with Gasteiger partial charge in [0.15, 0.2) is 5.78 Å². The number of ketones is 1. The fourth-order valence-corrected chi connectivity index (χ4v) is 3.22. The van der Waals surface area contributed by atoms with E-state index in [2.05, 4.69) is 5.32 Å². The van der Waals surface area contributed by atoms with Crippen LogP contribution in [0, 0.1) is 0 Å².